The maximum absolute atomic E-state index is 13.1. The molecule has 4 nitrogen and oxygen atoms in total. The number of fused-ring (bicyclic) bond motifs is 1. The fourth-order valence-corrected chi connectivity index (χ4v) is 4.01. The van der Waals surface area contributed by atoms with E-state index in [0.717, 1.165) is 65.0 Å². The fourth-order valence-electron chi connectivity index (χ4n) is 3.47. The monoisotopic (exact) mass is 460 g/mol. The van der Waals surface area contributed by atoms with Gasteiger partial charge in [-0.1, -0.05) is 30.3 Å². The van der Waals surface area contributed by atoms with Crippen LogP contribution >= 0.6 is 22.6 Å². The van der Waals surface area contributed by atoms with E-state index in [-0.39, 0.29) is 5.78 Å². The van der Waals surface area contributed by atoms with E-state index in [4.69, 9.17) is 4.74 Å². The van der Waals surface area contributed by atoms with Gasteiger partial charge in [-0.15, -0.1) is 0 Å². The van der Waals surface area contributed by atoms with Crippen LogP contribution in [0.5, 0.6) is 0 Å². The molecule has 134 valence electrons. The predicted molar refractivity (Wildman–Crippen MR) is 112 cm³/mol. The molecule has 5 heteroatoms. The van der Waals surface area contributed by atoms with Crippen LogP contribution in [0.15, 0.2) is 54.7 Å². The normalized spacial score (nSPS) is 15.4. The number of para-hydroxylation sites is 1. The Labute approximate surface area is 166 Å². The summed E-state index contributed by atoms with van der Waals surface area (Å²) in [7, 11) is 0. The van der Waals surface area contributed by atoms with Gasteiger partial charge in [0.2, 0.25) is 0 Å². The lowest BCUT2D eigenvalue weighted by molar-refractivity contribution is 0.0365. The first-order valence-electron chi connectivity index (χ1n) is 8.90. The molecule has 3 aromatic rings. The zero-order valence-corrected chi connectivity index (χ0v) is 16.7. The van der Waals surface area contributed by atoms with E-state index in [9.17, 15) is 4.79 Å². The molecule has 2 aromatic carbocycles. The van der Waals surface area contributed by atoms with E-state index in [1.165, 1.54) is 0 Å². The Kier molecular flexibility index (Phi) is 5.38. The number of ether oxygens (including phenoxy) is 1. The number of hydrogen-bond donors (Lipinski definition) is 0. The highest BCUT2D eigenvalue weighted by Gasteiger charge is 2.17. The largest absolute Gasteiger partial charge is 0.379 e. The molecule has 0 unspecified atom stereocenters. The molecule has 0 aliphatic carbocycles. The van der Waals surface area contributed by atoms with Crippen molar-refractivity contribution in [2.45, 2.75) is 6.54 Å². The van der Waals surface area contributed by atoms with Crippen LogP contribution < -0.4 is 0 Å². The van der Waals surface area contributed by atoms with Crippen molar-refractivity contribution in [3.8, 4) is 0 Å². The van der Waals surface area contributed by atoms with Gasteiger partial charge in [-0.05, 0) is 40.8 Å². The molecule has 0 N–H and O–H groups in total. The Bertz CT molecular complexity index is 929. The number of carbonyl (C=O) groups excluding carboxylic acids is 1. The Hall–Kier alpha value is -1.70. The van der Waals surface area contributed by atoms with Crippen LogP contribution in [0.2, 0.25) is 0 Å². The summed E-state index contributed by atoms with van der Waals surface area (Å²) in [6.07, 6.45) is 2.02. The van der Waals surface area contributed by atoms with Gasteiger partial charge in [-0.2, -0.15) is 0 Å². The molecule has 0 bridgehead atoms. The zero-order valence-electron chi connectivity index (χ0n) is 14.5. The Morgan fingerprint density at radius 1 is 1.04 bits per heavy atom. The van der Waals surface area contributed by atoms with Gasteiger partial charge in [-0.3, -0.25) is 9.69 Å². The van der Waals surface area contributed by atoms with Crippen molar-refractivity contribution in [2.24, 2.45) is 0 Å². The first-order valence-corrected chi connectivity index (χ1v) is 9.98. The summed E-state index contributed by atoms with van der Waals surface area (Å²) in [4.78, 5) is 15.5. The molecule has 2 heterocycles. The third kappa shape index (κ3) is 3.70. The van der Waals surface area contributed by atoms with E-state index in [1.54, 1.807) is 0 Å². The summed E-state index contributed by atoms with van der Waals surface area (Å²) in [5, 5.41) is 1.03. The van der Waals surface area contributed by atoms with Crippen molar-refractivity contribution in [1.29, 1.82) is 0 Å². The van der Waals surface area contributed by atoms with Crippen molar-refractivity contribution in [3.63, 3.8) is 0 Å². The molecular weight excluding hydrogens is 439 g/mol. The second-order valence-electron chi connectivity index (χ2n) is 6.55. The first-order chi connectivity index (χ1) is 12.7. The minimum atomic E-state index is 0.0878. The maximum Gasteiger partial charge on any atom is 0.195 e. The molecule has 1 aliphatic heterocycles. The lowest BCUT2D eigenvalue weighted by atomic mass is 10.0. The number of halogens is 1. The Morgan fingerprint density at radius 2 is 1.85 bits per heavy atom. The van der Waals surface area contributed by atoms with Crippen LogP contribution in [0.3, 0.4) is 0 Å². The average molecular weight is 460 g/mol. The fraction of sp³-hybridized carbons (Fsp3) is 0.286. The van der Waals surface area contributed by atoms with Crippen LogP contribution in [0.1, 0.15) is 15.9 Å². The van der Waals surface area contributed by atoms with Gasteiger partial charge < -0.3 is 9.30 Å². The highest BCUT2D eigenvalue weighted by Crippen LogP contribution is 2.24. The summed E-state index contributed by atoms with van der Waals surface area (Å²) >= 11 is 2.25. The van der Waals surface area contributed by atoms with Crippen molar-refractivity contribution < 1.29 is 9.53 Å². The highest BCUT2D eigenvalue weighted by atomic mass is 127. The Balaban J connectivity index is 1.64. The van der Waals surface area contributed by atoms with Gasteiger partial charge in [0.1, 0.15) is 0 Å². The quantitative estimate of drug-likeness (QED) is 0.429. The van der Waals surface area contributed by atoms with Crippen LogP contribution in [-0.4, -0.2) is 48.1 Å². The standard InChI is InChI=1S/C21H21IN2O2/c22-17-5-3-4-16(14-17)21(25)19-15-24(20-7-2-1-6-18(19)20)9-8-23-10-12-26-13-11-23/h1-7,14-15H,8-13H2. The molecule has 0 saturated carbocycles. The molecule has 0 amide bonds. The van der Waals surface area contributed by atoms with E-state index >= 15 is 0 Å². The molecule has 26 heavy (non-hydrogen) atoms. The number of aromatic nitrogens is 1. The lowest BCUT2D eigenvalue weighted by Crippen LogP contribution is -2.38. The second kappa shape index (κ2) is 7.90. The van der Waals surface area contributed by atoms with Gasteiger partial charge in [0.25, 0.3) is 0 Å². The van der Waals surface area contributed by atoms with E-state index in [1.807, 2.05) is 48.7 Å². The summed E-state index contributed by atoms with van der Waals surface area (Å²) in [5.41, 5.74) is 2.65. The topological polar surface area (TPSA) is 34.5 Å². The van der Waals surface area contributed by atoms with Gasteiger partial charge in [0.05, 0.1) is 13.2 Å². The molecule has 1 aliphatic rings. The minimum Gasteiger partial charge on any atom is -0.379 e. The van der Waals surface area contributed by atoms with Crippen LogP contribution in [0.25, 0.3) is 10.9 Å². The third-order valence-electron chi connectivity index (χ3n) is 4.88. The molecular formula is C21H21IN2O2. The lowest BCUT2D eigenvalue weighted by Gasteiger charge is -2.26. The second-order valence-corrected chi connectivity index (χ2v) is 7.79. The van der Waals surface area contributed by atoms with E-state index in [2.05, 4.69) is 38.1 Å². The molecule has 0 atom stereocenters. The number of rotatable bonds is 5. The van der Waals surface area contributed by atoms with Crippen LogP contribution in [0, 0.1) is 3.57 Å². The first kappa shape index (κ1) is 17.7. The number of benzene rings is 2. The van der Waals surface area contributed by atoms with Crippen LogP contribution in [0.4, 0.5) is 0 Å². The third-order valence-corrected chi connectivity index (χ3v) is 5.55. The zero-order chi connectivity index (χ0) is 17.9. The summed E-state index contributed by atoms with van der Waals surface area (Å²) in [6.45, 7) is 5.42. The van der Waals surface area contributed by atoms with Gasteiger partial charge in [-0.25, -0.2) is 0 Å². The highest BCUT2D eigenvalue weighted by molar-refractivity contribution is 14.1. The number of nitrogens with zero attached hydrogens (tertiary/aromatic N) is 2. The molecule has 1 saturated heterocycles. The summed E-state index contributed by atoms with van der Waals surface area (Å²) in [5.74, 6) is 0.0878. The Morgan fingerprint density at radius 3 is 2.65 bits per heavy atom. The summed E-state index contributed by atoms with van der Waals surface area (Å²) in [6, 6.07) is 16.0. The SMILES string of the molecule is O=C(c1cccc(I)c1)c1cn(CCN2CCOCC2)c2ccccc12. The van der Waals surface area contributed by atoms with E-state index in [0.29, 0.717) is 0 Å². The average Bonchev–Trinajstić information content (AvgIpc) is 3.05. The molecule has 1 fully saturated rings. The van der Waals surface area contributed by atoms with Crippen molar-refractivity contribution in [1.82, 2.24) is 9.47 Å². The number of ketones is 1. The maximum atomic E-state index is 13.1. The van der Waals surface area contributed by atoms with Crippen molar-refractivity contribution in [2.75, 3.05) is 32.8 Å². The molecule has 0 radical (unpaired) electrons. The van der Waals surface area contributed by atoms with E-state index < -0.39 is 0 Å². The molecule has 4 rings (SSSR count). The predicted octanol–water partition coefficient (Wildman–Crippen LogP) is 3.81. The number of hydrogen-bond acceptors (Lipinski definition) is 3. The molecule has 1 aromatic heterocycles. The smallest absolute Gasteiger partial charge is 0.195 e. The minimum absolute atomic E-state index is 0.0878. The van der Waals surface area contributed by atoms with Crippen LogP contribution in [-0.2, 0) is 11.3 Å². The molecule has 0 spiro atoms. The van der Waals surface area contributed by atoms with Crippen molar-refractivity contribution >= 4 is 39.3 Å². The van der Waals surface area contributed by atoms with Crippen molar-refractivity contribution in [3.05, 3.63) is 69.4 Å². The number of morpholine rings is 1. The van der Waals surface area contributed by atoms with Gasteiger partial charge >= 0.3 is 0 Å². The number of carbonyl (C=O) groups is 1. The van der Waals surface area contributed by atoms with Gasteiger partial charge in [0, 0.05) is 58.0 Å². The summed E-state index contributed by atoms with van der Waals surface area (Å²) < 4.78 is 8.71. The van der Waals surface area contributed by atoms with Gasteiger partial charge in [0.15, 0.2) is 5.78 Å².